The van der Waals surface area contributed by atoms with E-state index in [9.17, 15) is 14.4 Å². The van der Waals surface area contributed by atoms with Gasteiger partial charge >= 0.3 is 5.97 Å². The molecular formula is C19H26N2O4. The minimum absolute atomic E-state index is 0.0323. The lowest BCUT2D eigenvalue weighted by atomic mass is 9.97. The summed E-state index contributed by atoms with van der Waals surface area (Å²) in [6, 6.07) is 6.41. The van der Waals surface area contributed by atoms with Gasteiger partial charge in [-0.2, -0.15) is 0 Å². The van der Waals surface area contributed by atoms with E-state index < -0.39 is 5.97 Å². The van der Waals surface area contributed by atoms with Crippen LogP contribution in [0.2, 0.25) is 0 Å². The Morgan fingerprint density at radius 2 is 1.92 bits per heavy atom. The molecule has 0 aliphatic carbocycles. The van der Waals surface area contributed by atoms with Gasteiger partial charge in [0.15, 0.2) is 0 Å². The number of hydrogen-bond acceptors (Lipinski definition) is 3. The Bertz CT molecular complexity index is 625. The quantitative estimate of drug-likeness (QED) is 0.824. The molecule has 0 spiro atoms. The minimum atomic E-state index is -0.972. The molecule has 1 aromatic carbocycles. The maximum atomic E-state index is 12.5. The Hall–Kier alpha value is -2.37. The standard InChI is InChI=1S/C19H26N2O4/c1-13(2)18(23)20-11-15-4-3-9-21(12-15)17(22)10-14-5-7-16(8-6-14)19(24)25/h5-8,13,15H,3-4,9-12H2,1-2H3,(H,20,23)(H,24,25). The Kier molecular flexibility index (Phi) is 6.56. The fourth-order valence-corrected chi connectivity index (χ4v) is 2.96. The van der Waals surface area contributed by atoms with Gasteiger partial charge in [-0.15, -0.1) is 0 Å². The molecule has 6 nitrogen and oxygen atoms in total. The van der Waals surface area contributed by atoms with Crippen molar-refractivity contribution in [1.82, 2.24) is 10.2 Å². The molecule has 0 aromatic heterocycles. The van der Waals surface area contributed by atoms with Gasteiger partial charge in [0.1, 0.15) is 0 Å². The summed E-state index contributed by atoms with van der Waals surface area (Å²) in [4.78, 5) is 36.9. The summed E-state index contributed by atoms with van der Waals surface area (Å²) in [5.74, 6) is -0.630. The normalized spacial score (nSPS) is 17.4. The van der Waals surface area contributed by atoms with E-state index in [0.717, 1.165) is 24.9 Å². The molecule has 136 valence electrons. The molecule has 1 aliphatic heterocycles. The average Bonchev–Trinajstić information content (AvgIpc) is 2.60. The Morgan fingerprint density at radius 1 is 1.24 bits per heavy atom. The summed E-state index contributed by atoms with van der Waals surface area (Å²) >= 11 is 0. The highest BCUT2D eigenvalue weighted by Crippen LogP contribution is 2.17. The Labute approximate surface area is 148 Å². The van der Waals surface area contributed by atoms with Crippen molar-refractivity contribution >= 4 is 17.8 Å². The molecule has 2 rings (SSSR count). The zero-order valence-corrected chi connectivity index (χ0v) is 14.8. The molecule has 6 heteroatoms. The topological polar surface area (TPSA) is 86.7 Å². The SMILES string of the molecule is CC(C)C(=O)NCC1CCCN(C(=O)Cc2ccc(C(=O)O)cc2)C1. The summed E-state index contributed by atoms with van der Waals surface area (Å²) < 4.78 is 0. The highest BCUT2D eigenvalue weighted by molar-refractivity contribution is 5.87. The van der Waals surface area contributed by atoms with Crippen molar-refractivity contribution in [3.05, 3.63) is 35.4 Å². The summed E-state index contributed by atoms with van der Waals surface area (Å²) in [5, 5.41) is 11.9. The molecule has 0 saturated carbocycles. The van der Waals surface area contributed by atoms with Crippen molar-refractivity contribution in [3.8, 4) is 0 Å². The number of likely N-dealkylation sites (tertiary alicyclic amines) is 1. The van der Waals surface area contributed by atoms with Gasteiger partial charge in [-0.25, -0.2) is 4.79 Å². The number of benzene rings is 1. The van der Waals surface area contributed by atoms with E-state index in [1.807, 2.05) is 18.7 Å². The third kappa shape index (κ3) is 5.59. The number of aromatic carboxylic acids is 1. The zero-order valence-electron chi connectivity index (χ0n) is 14.8. The second-order valence-corrected chi connectivity index (χ2v) is 6.93. The first-order chi connectivity index (χ1) is 11.9. The molecule has 0 radical (unpaired) electrons. The number of rotatable bonds is 6. The third-order valence-corrected chi connectivity index (χ3v) is 4.52. The van der Waals surface area contributed by atoms with Crippen molar-refractivity contribution in [3.63, 3.8) is 0 Å². The zero-order chi connectivity index (χ0) is 18.4. The first-order valence-corrected chi connectivity index (χ1v) is 8.74. The van der Waals surface area contributed by atoms with Crippen LogP contribution in [0.5, 0.6) is 0 Å². The van der Waals surface area contributed by atoms with Gasteiger partial charge in [0, 0.05) is 25.6 Å². The number of hydrogen-bond donors (Lipinski definition) is 2. The van der Waals surface area contributed by atoms with Gasteiger partial charge in [0.25, 0.3) is 0 Å². The van der Waals surface area contributed by atoms with Crippen molar-refractivity contribution in [2.45, 2.75) is 33.1 Å². The predicted octanol–water partition coefficient (Wildman–Crippen LogP) is 1.94. The van der Waals surface area contributed by atoms with E-state index in [1.54, 1.807) is 12.1 Å². The number of carboxylic acid groups (broad SMARTS) is 1. The van der Waals surface area contributed by atoms with Crippen molar-refractivity contribution in [2.75, 3.05) is 19.6 Å². The summed E-state index contributed by atoms with van der Waals surface area (Å²) in [6.45, 7) is 5.72. The number of nitrogens with one attached hydrogen (secondary N) is 1. The van der Waals surface area contributed by atoms with Crippen LogP contribution >= 0.6 is 0 Å². The van der Waals surface area contributed by atoms with E-state index in [4.69, 9.17) is 5.11 Å². The van der Waals surface area contributed by atoms with E-state index in [1.165, 1.54) is 12.1 Å². The van der Waals surface area contributed by atoms with Crippen LogP contribution in [0.15, 0.2) is 24.3 Å². The van der Waals surface area contributed by atoms with Crippen LogP contribution in [-0.2, 0) is 16.0 Å². The molecule has 1 fully saturated rings. The average molecular weight is 346 g/mol. The van der Waals surface area contributed by atoms with Gasteiger partial charge < -0.3 is 15.3 Å². The molecule has 1 aromatic rings. The van der Waals surface area contributed by atoms with Gasteiger partial charge in [-0.05, 0) is 36.5 Å². The number of carbonyl (C=O) groups excluding carboxylic acids is 2. The van der Waals surface area contributed by atoms with Crippen LogP contribution in [0.4, 0.5) is 0 Å². The number of amides is 2. The van der Waals surface area contributed by atoms with Crippen molar-refractivity contribution in [2.24, 2.45) is 11.8 Å². The van der Waals surface area contributed by atoms with Crippen LogP contribution in [0, 0.1) is 11.8 Å². The highest BCUT2D eigenvalue weighted by Gasteiger charge is 2.24. The molecule has 25 heavy (non-hydrogen) atoms. The number of piperidine rings is 1. The molecule has 1 saturated heterocycles. The second-order valence-electron chi connectivity index (χ2n) is 6.93. The third-order valence-electron chi connectivity index (χ3n) is 4.52. The molecular weight excluding hydrogens is 320 g/mol. The van der Waals surface area contributed by atoms with Crippen LogP contribution in [-0.4, -0.2) is 47.4 Å². The lowest BCUT2D eigenvalue weighted by Gasteiger charge is -2.33. The number of carbonyl (C=O) groups is 3. The molecule has 2 amide bonds. The highest BCUT2D eigenvalue weighted by atomic mass is 16.4. The van der Waals surface area contributed by atoms with Crippen LogP contribution in [0.25, 0.3) is 0 Å². The molecule has 1 atom stereocenters. The second kappa shape index (κ2) is 8.65. The molecule has 1 unspecified atom stereocenters. The number of carboxylic acids is 1. The van der Waals surface area contributed by atoms with E-state index >= 15 is 0 Å². The summed E-state index contributed by atoms with van der Waals surface area (Å²) in [6.07, 6.45) is 2.21. The van der Waals surface area contributed by atoms with Crippen molar-refractivity contribution < 1.29 is 19.5 Å². The predicted molar refractivity (Wildman–Crippen MR) is 94.3 cm³/mol. The smallest absolute Gasteiger partial charge is 0.335 e. The Balaban J connectivity index is 1.86. The van der Waals surface area contributed by atoms with E-state index in [2.05, 4.69) is 5.32 Å². The fraction of sp³-hybridized carbons (Fsp3) is 0.526. The van der Waals surface area contributed by atoms with Crippen LogP contribution in [0.3, 0.4) is 0 Å². The summed E-state index contributed by atoms with van der Waals surface area (Å²) in [5.41, 5.74) is 1.03. The first-order valence-electron chi connectivity index (χ1n) is 8.74. The van der Waals surface area contributed by atoms with E-state index in [-0.39, 0.29) is 35.6 Å². The van der Waals surface area contributed by atoms with Crippen molar-refractivity contribution in [1.29, 1.82) is 0 Å². The van der Waals surface area contributed by atoms with Crippen LogP contribution < -0.4 is 5.32 Å². The van der Waals surface area contributed by atoms with Gasteiger partial charge in [0.2, 0.25) is 11.8 Å². The molecule has 1 aliphatic rings. The van der Waals surface area contributed by atoms with E-state index in [0.29, 0.717) is 13.1 Å². The lowest BCUT2D eigenvalue weighted by Crippen LogP contribution is -2.44. The largest absolute Gasteiger partial charge is 0.478 e. The fourth-order valence-electron chi connectivity index (χ4n) is 2.96. The minimum Gasteiger partial charge on any atom is -0.478 e. The first kappa shape index (κ1) is 19.0. The molecule has 0 bridgehead atoms. The molecule has 2 N–H and O–H groups in total. The lowest BCUT2D eigenvalue weighted by molar-refractivity contribution is -0.132. The van der Waals surface area contributed by atoms with Crippen LogP contribution in [0.1, 0.15) is 42.6 Å². The van der Waals surface area contributed by atoms with Gasteiger partial charge in [-0.3, -0.25) is 9.59 Å². The summed E-state index contributed by atoms with van der Waals surface area (Å²) in [7, 11) is 0. The Morgan fingerprint density at radius 3 is 2.52 bits per heavy atom. The number of nitrogens with zero attached hydrogens (tertiary/aromatic N) is 1. The maximum Gasteiger partial charge on any atom is 0.335 e. The van der Waals surface area contributed by atoms with Gasteiger partial charge in [-0.1, -0.05) is 26.0 Å². The van der Waals surface area contributed by atoms with Gasteiger partial charge in [0.05, 0.1) is 12.0 Å². The maximum absolute atomic E-state index is 12.5. The monoisotopic (exact) mass is 346 g/mol. The molecule has 1 heterocycles.